The molecule has 2 saturated heterocycles. The SMILES string of the molecule is C[C@H](O)C(=O)N1CC(n2cc(-c3c(C4CCOCC4)n(-c4ccc(F)cc4)c4cc5c(cc34)CN=C5)cn2)C1. The van der Waals surface area contributed by atoms with Crippen LogP contribution < -0.4 is 0 Å². The minimum Gasteiger partial charge on any atom is -0.384 e. The summed E-state index contributed by atoms with van der Waals surface area (Å²) >= 11 is 0. The van der Waals surface area contributed by atoms with Crippen LogP contribution in [0.4, 0.5) is 4.39 Å². The molecule has 4 aromatic rings. The fourth-order valence-electron chi connectivity index (χ4n) is 6.18. The van der Waals surface area contributed by atoms with Crippen LogP contribution in [0.1, 0.15) is 48.5 Å². The third-order valence-corrected chi connectivity index (χ3v) is 8.25. The van der Waals surface area contributed by atoms with Crippen molar-refractivity contribution in [2.75, 3.05) is 26.3 Å². The zero-order valence-corrected chi connectivity index (χ0v) is 21.8. The zero-order valence-electron chi connectivity index (χ0n) is 21.8. The molecule has 5 heterocycles. The lowest BCUT2D eigenvalue weighted by molar-refractivity contribution is -0.145. The summed E-state index contributed by atoms with van der Waals surface area (Å²) in [5.74, 6) is -0.249. The standard InChI is InChI=1S/C30H30FN5O3/c1-18(37)30(38)34-16-25(17-34)35-15-22(14-33-35)28-26-10-20-12-32-13-21(20)11-27(26)36(24-4-2-23(31)3-5-24)29(28)19-6-8-39-9-7-19/h2-5,10-11,13-15,18-19,25,37H,6-9,12,16-17H2,1H3/t18-/m0/s1. The van der Waals surface area contributed by atoms with Crippen molar-refractivity contribution in [1.82, 2.24) is 19.2 Å². The lowest BCUT2D eigenvalue weighted by Gasteiger charge is -2.39. The fraction of sp³-hybridized carbons (Fsp3) is 0.367. The number of aliphatic hydroxyl groups excluding tert-OH is 1. The summed E-state index contributed by atoms with van der Waals surface area (Å²) in [7, 11) is 0. The van der Waals surface area contributed by atoms with Crippen molar-refractivity contribution in [3.8, 4) is 16.8 Å². The van der Waals surface area contributed by atoms with Crippen LogP contribution in [-0.4, -0.2) is 68.9 Å². The average Bonchev–Trinajstić information content (AvgIpc) is 3.64. The van der Waals surface area contributed by atoms with Crippen LogP contribution in [0.25, 0.3) is 27.7 Å². The Morgan fingerprint density at radius 3 is 2.67 bits per heavy atom. The number of nitrogens with zero attached hydrogens (tertiary/aromatic N) is 5. The van der Waals surface area contributed by atoms with Gasteiger partial charge in [0, 0.05) is 72.5 Å². The Hall–Kier alpha value is -3.82. The van der Waals surface area contributed by atoms with E-state index in [9.17, 15) is 14.3 Å². The average molecular weight is 528 g/mol. The van der Waals surface area contributed by atoms with E-state index in [1.54, 1.807) is 4.90 Å². The molecular weight excluding hydrogens is 497 g/mol. The predicted octanol–water partition coefficient (Wildman–Crippen LogP) is 4.22. The second-order valence-corrected chi connectivity index (χ2v) is 10.8. The highest BCUT2D eigenvalue weighted by atomic mass is 19.1. The minimum atomic E-state index is -0.996. The first-order valence-corrected chi connectivity index (χ1v) is 13.5. The second-order valence-electron chi connectivity index (χ2n) is 10.8. The van der Waals surface area contributed by atoms with Gasteiger partial charge in [-0.05, 0) is 67.3 Å². The van der Waals surface area contributed by atoms with Gasteiger partial charge in [-0.1, -0.05) is 0 Å². The Labute approximate surface area is 225 Å². The van der Waals surface area contributed by atoms with Gasteiger partial charge in [0.2, 0.25) is 0 Å². The second kappa shape index (κ2) is 9.43. The van der Waals surface area contributed by atoms with Crippen LogP contribution in [0.5, 0.6) is 0 Å². The number of fused-ring (bicyclic) bond motifs is 2. The normalized spacial score (nSPS) is 18.5. The van der Waals surface area contributed by atoms with Gasteiger partial charge in [-0.3, -0.25) is 14.5 Å². The van der Waals surface area contributed by atoms with Gasteiger partial charge in [0.1, 0.15) is 11.9 Å². The molecule has 8 nitrogen and oxygen atoms in total. The van der Waals surface area contributed by atoms with E-state index in [0.29, 0.717) is 32.8 Å². The third kappa shape index (κ3) is 4.08. The van der Waals surface area contributed by atoms with Crippen LogP contribution in [0.15, 0.2) is 53.8 Å². The lowest BCUT2D eigenvalue weighted by Crippen LogP contribution is -2.53. The van der Waals surface area contributed by atoms with Gasteiger partial charge in [0.15, 0.2) is 0 Å². The number of hydrogen-bond acceptors (Lipinski definition) is 5. The number of likely N-dealkylation sites (tertiary alicyclic amines) is 1. The molecular formula is C30H30FN5O3. The number of hydrogen-bond donors (Lipinski definition) is 1. The van der Waals surface area contributed by atoms with Crippen molar-refractivity contribution in [1.29, 1.82) is 0 Å². The molecule has 1 N–H and O–H groups in total. The van der Waals surface area contributed by atoms with E-state index < -0.39 is 6.10 Å². The van der Waals surface area contributed by atoms with Crippen LogP contribution in [0, 0.1) is 5.82 Å². The molecule has 3 aliphatic heterocycles. The van der Waals surface area contributed by atoms with E-state index in [0.717, 1.165) is 46.1 Å². The third-order valence-electron chi connectivity index (χ3n) is 8.25. The molecule has 9 heteroatoms. The fourth-order valence-corrected chi connectivity index (χ4v) is 6.18. The number of ether oxygens (including phenoxy) is 1. The Kier molecular flexibility index (Phi) is 5.86. The molecule has 1 atom stereocenters. The van der Waals surface area contributed by atoms with Crippen molar-refractivity contribution in [3.05, 3.63) is 71.4 Å². The van der Waals surface area contributed by atoms with E-state index in [1.165, 1.54) is 30.3 Å². The molecule has 2 fully saturated rings. The quantitative estimate of drug-likeness (QED) is 0.421. The summed E-state index contributed by atoms with van der Waals surface area (Å²) in [5.41, 5.74) is 7.64. The Morgan fingerprint density at radius 1 is 1.15 bits per heavy atom. The zero-order chi connectivity index (χ0) is 26.7. The number of aliphatic imine (C=N–C) groups is 1. The smallest absolute Gasteiger partial charge is 0.251 e. The summed E-state index contributed by atoms with van der Waals surface area (Å²) in [6, 6.07) is 11.2. The van der Waals surface area contributed by atoms with E-state index in [2.05, 4.69) is 27.9 Å². The monoisotopic (exact) mass is 527 g/mol. The maximum atomic E-state index is 14.0. The van der Waals surface area contributed by atoms with E-state index >= 15 is 0 Å². The van der Waals surface area contributed by atoms with Crippen molar-refractivity contribution in [3.63, 3.8) is 0 Å². The van der Waals surface area contributed by atoms with Crippen molar-refractivity contribution >= 4 is 23.0 Å². The first-order valence-electron chi connectivity index (χ1n) is 13.5. The number of rotatable bonds is 5. The summed E-state index contributed by atoms with van der Waals surface area (Å²) in [4.78, 5) is 18.3. The number of amides is 1. The molecule has 2 aromatic heterocycles. The molecule has 0 radical (unpaired) electrons. The molecule has 2 aromatic carbocycles. The number of carbonyl (C=O) groups is 1. The number of carbonyl (C=O) groups excluding carboxylic acids is 1. The Morgan fingerprint density at radius 2 is 1.92 bits per heavy atom. The largest absolute Gasteiger partial charge is 0.384 e. The van der Waals surface area contributed by atoms with E-state index in [-0.39, 0.29) is 23.7 Å². The maximum Gasteiger partial charge on any atom is 0.251 e. The van der Waals surface area contributed by atoms with Crippen LogP contribution in [-0.2, 0) is 16.1 Å². The first-order chi connectivity index (χ1) is 19.0. The number of benzene rings is 2. The number of aromatic nitrogens is 3. The van der Waals surface area contributed by atoms with Gasteiger partial charge in [-0.15, -0.1) is 0 Å². The molecule has 1 amide bonds. The molecule has 0 unspecified atom stereocenters. The van der Waals surface area contributed by atoms with Crippen LogP contribution in [0.3, 0.4) is 0 Å². The molecule has 7 rings (SSSR count). The van der Waals surface area contributed by atoms with Crippen LogP contribution >= 0.6 is 0 Å². The van der Waals surface area contributed by atoms with Gasteiger partial charge >= 0.3 is 0 Å². The first kappa shape index (κ1) is 24.2. The van der Waals surface area contributed by atoms with Crippen LogP contribution in [0.2, 0.25) is 0 Å². The predicted molar refractivity (Wildman–Crippen MR) is 146 cm³/mol. The summed E-state index contributed by atoms with van der Waals surface area (Å²) in [6.45, 7) is 4.62. The summed E-state index contributed by atoms with van der Waals surface area (Å²) in [5, 5.41) is 15.5. The Balaban J connectivity index is 1.39. The maximum absolute atomic E-state index is 14.0. The highest BCUT2D eigenvalue weighted by molar-refractivity contribution is 6.03. The summed E-state index contributed by atoms with van der Waals surface area (Å²) < 4.78 is 23.9. The highest BCUT2D eigenvalue weighted by Crippen LogP contribution is 2.45. The Bertz CT molecular complexity index is 1590. The number of halogens is 1. The van der Waals surface area contributed by atoms with Gasteiger partial charge < -0.3 is 19.3 Å². The molecule has 3 aliphatic rings. The topological polar surface area (TPSA) is 84.9 Å². The molecule has 0 aliphatic carbocycles. The van der Waals surface area contributed by atoms with E-state index in [4.69, 9.17) is 9.84 Å². The summed E-state index contributed by atoms with van der Waals surface area (Å²) in [6.07, 6.45) is 6.72. The molecule has 0 bridgehead atoms. The van der Waals surface area contributed by atoms with Gasteiger partial charge in [0.25, 0.3) is 5.91 Å². The van der Waals surface area contributed by atoms with Gasteiger partial charge in [0.05, 0.1) is 24.3 Å². The van der Waals surface area contributed by atoms with Gasteiger partial charge in [-0.25, -0.2) is 4.39 Å². The lowest BCUT2D eigenvalue weighted by atomic mass is 9.90. The number of aliphatic hydroxyl groups is 1. The van der Waals surface area contributed by atoms with E-state index in [1.807, 2.05) is 29.2 Å². The molecule has 200 valence electrons. The van der Waals surface area contributed by atoms with Gasteiger partial charge in [-0.2, -0.15) is 5.10 Å². The highest BCUT2D eigenvalue weighted by Gasteiger charge is 2.35. The van der Waals surface area contributed by atoms with Crippen molar-refractivity contribution in [2.24, 2.45) is 4.99 Å². The minimum absolute atomic E-state index is 0.0658. The van der Waals surface area contributed by atoms with Crippen molar-refractivity contribution < 1.29 is 19.0 Å². The molecule has 0 saturated carbocycles. The molecule has 0 spiro atoms. The van der Waals surface area contributed by atoms with Crippen molar-refractivity contribution in [2.45, 2.75) is 44.4 Å². The molecule has 39 heavy (non-hydrogen) atoms.